The Morgan fingerprint density at radius 3 is 1.41 bits per heavy atom. The van der Waals surface area contributed by atoms with Gasteiger partial charge in [0.2, 0.25) is 0 Å². The maximum atomic E-state index is 12.9. The number of rotatable bonds is 27. The summed E-state index contributed by atoms with van der Waals surface area (Å²) in [4.78, 5) is 12.9. The minimum atomic E-state index is -0.0590. The first-order valence-electron chi connectivity index (χ1n) is 17.9. The van der Waals surface area contributed by atoms with Gasteiger partial charge in [-0.25, -0.2) is 0 Å². The summed E-state index contributed by atoms with van der Waals surface area (Å²) in [6.07, 6.45) is 33.1. The topological polar surface area (TPSA) is 26.3 Å². The highest BCUT2D eigenvalue weighted by molar-refractivity contribution is 5.84. The van der Waals surface area contributed by atoms with Crippen LogP contribution in [0.3, 0.4) is 0 Å². The number of fused-ring (bicyclic) bond motifs is 1. The molecule has 0 saturated heterocycles. The second-order valence-corrected chi connectivity index (χ2v) is 12.7. The summed E-state index contributed by atoms with van der Waals surface area (Å²) >= 11 is 0. The number of ether oxygens (including phenoxy) is 1. The van der Waals surface area contributed by atoms with Gasteiger partial charge in [-0.1, -0.05) is 185 Å². The molecule has 0 saturated carbocycles. The number of carbonyl (C=O) groups is 1. The zero-order valence-electron chi connectivity index (χ0n) is 27.1. The summed E-state index contributed by atoms with van der Waals surface area (Å²) in [5.74, 6) is 1.08. The van der Waals surface area contributed by atoms with Crippen LogP contribution in [0.4, 0.5) is 0 Å². The monoisotopic (exact) mass is 564 g/mol. The Bertz CT molecular complexity index is 888. The average Bonchev–Trinajstić information content (AvgIpc) is 2.98. The Hall–Kier alpha value is -1.83. The van der Waals surface area contributed by atoms with E-state index in [1.54, 1.807) is 0 Å². The Labute approximate surface area is 254 Å². The van der Waals surface area contributed by atoms with E-state index in [1.807, 2.05) is 30.3 Å². The van der Waals surface area contributed by atoms with E-state index in [-0.39, 0.29) is 5.97 Å². The maximum Gasteiger partial charge on any atom is 0.311 e. The van der Waals surface area contributed by atoms with Crippen LogP contribution in [0.2, 0.25) is 0 Å². The SMILES string of the molecule is CCCCCCCCCCCCCCC(CCCCCCCCCCCC)CC(=O)Oc1ccc2ccccc2c1. The van der Waals surface area contributed by atoms with Crippen LogP contribution in [0.5, 0.6) is 5.75 Å². The van der Waals surface area contributed by atoms with Gasteiger partial charge >= 0.3 is 5.97 Å². The second kappa shape index (κ2) is 24.7. The predicted octanol–water partition coefficient (Wildman–Crippen LogP) is 13.2. The standard InChI is InChI=1S/C39H64O2/c1-3-5-7-9-11-13-15-16-18-20-22-24-28-35(27-23-21-19-17-14-12-10-8-6-4-2)33-39(40)41-38-32-31-36-29-25-26-30-37(36)34-38/h25-26,29-32,34-35H,3-24,27-28,33H2,1-2H3. The van der Waals surface area contributed by atoms with E-state index < -0.39 is 0 Å². The number of benzene rings is 2. The Kier molecular flexibility index (Phi) is 21.3. The molecule has 0 aliphatic heterocycles. The molecule has 0 fully saturated rings. The van der Waals surface area contributed by atoms with Crippen molar-refractivity contribution in [3.63, 3.8) is 0 Å². The summed E-state index contributed by atoms with van der Waals surface area (Å²) in [5.41, 5.74) is 0. The molecule has 0 bridgehead atoms. The first-order valence-corrected chi connectivity index (χ1v) is 17.9. The molecule has 0 spiro atoms. The van der Waals surface area contributed by atoms with Crippen molar-refractivity contribution < 1.29 is 9.53 Å². The molecule has 2 aromatic carbocycles. The van der Waals surface area contributed by atoms with Crippen LogP contribution in [0.1, 0.15) is 174 Å². The minimum absolute atomic E-state index is 0.0590. The second-order valence-electron chi connectivity index (χ2n) is 12.7. The van der Waals surface area contributed by atoms with E-state index in [0.717, 1.165) is 5.39 Å². The van der Waals surface area contributed by atoms with Crippen molar-refractivity contribution in [2.75, 3.05) is 0 Å². The van der Waals surface area contributed by atoms with E-state index in [9.17, 15) is 4.79 Å². The maximum absolute atomic E-state index is 12.9. The Morgan fingerprint density at radius 1 is 0.537 bits per heavy atom. The van der Waals surface area contributed by atoms with Crippen LogP contribution >= 0.6 is 0 Å². The largest absolute Gasteiger partial charge is 0.426 e. The lowest BCUT2D eigenvalue weighted by molar-refractivity contribution is -0.135. The summed E-state index contributed by atoms with van der Waals surface area (Å²) < 4.78 is 5.83. The molecule has 2 nitrogen and oxygen atoms in total. The quantitative estimate of drug-likeness (QED) is 0.0612. The normalized spacial score (nSPS) is 12.1. The lowest BCUT2D eigenvalue weighted by Gasteiger charge is -2.16. The lowest BCUT2D eigenvalue weighted by atomic mass is 9.91. The molecule has 1 atom stereocenters. The van der Waals surface area contributed by atoms with Crippen LogP contribution in [0.15, 0.2) is 42.5 Å². The molecule has 1 unspecified atom stereocenters. The van der Waals surface area contributed by atoms with Gasteiger partial charge in [-0.05, 0) is 41.7 Å². The molecular weight excluding hydrogens is 500 g/mol. The number of hydrogen-bond donors (Lipinski definition) is 0. The third-order valence-corrected chi connectivity index (χ3v) is 8.84. The number of esters is 1. The first kappa shape index (κ1) is 35.4. The number of carbonyl (C=O) groups excluding carboxylic acids is 1. The summed E-state index contributed by atoms with van der Waals surface area (Å²) in [7, 11) is 0. The fraction of sp³-hybridized carbons (Fsp3) is 0.718. The van der Waals surface area contributed by atoms with Gasteiger partial charge in [0, 0.05) is 6.42 Å². The molecule has 0 aliphatic rings. The van der Waals surface area contributed by atoms with E-state index >= 15 is 0 Å². The van der Waals surface area contributed by atoms with E-state index in [0.29, 0.717) is 18.1 Å². The summed E-state index contributed by atoms with van der Waals surface area (Å²) in [5, 5.41) is 2.30. The van der Waals surface area contributed by atoms with Gasteiger partial charge < -0.3 is 4.74 Å². The van der Waals surface area contributed by atoms with E-state index in [1.165, 1.54) is 159 Å². The van der Waals surface area contributed by atoms with Crippen molar-refractivity contribution in [3.05, 3.63) is 42.5 Å². The summed E-state index contributed by atoms with van der Waals surface area (Å²) in [6, 6.07) is 14.2. The third kappa shape index (κ3) is 18.3. The predicted molar refractivity (Wildman–Crippen MR) is 180 cm³/mol. The Balaban J connectivity index is 1.66. The molecule has 2 aromatic rings. The van der Waals surface area contributed by atoms with Gasteiger partial charge in [0.25, 0.3) is 0 Å². The minimum Gasteiger partial charge on any atom is -0.426 e. The van der Waals surface area contributed by atoms with E-state index in [2.05, 4.69) is 26.0 Å². The van der Waals surface area contributed by atoms with Gasteiger partial charge in [0.05, 0.1) is 0 Å². The van der Waals surface area contributed by atoms with Crippen molar-refractivity contribution in [1.82, 2.24) is 0 Å². The van der Waals surface area contributed by atoms with Crippen molar-refractivity contribution >= 4 is 16.7 Å². The van der Waals surface area contributed by atoms with Gasteiger partial charge in [-0.2, -0.15) is 0 Å². The van der Waals surface area contributed by atoms with Crippen molar-refractivity contribution in [2.45, 2.75) is 174 Å². The molecule has 232 valence electrons. The molecule has 2 heteroatoms. The highest BCUT2D eigenvalue weighted by Crippen LogP contribution is 2.25. The third-order valence-electron chi connectivity index (χ3n) is 8.84. The fourth-order valence-corrected chi connectivity index (χ4v) is 6.18. The molecule has 0 aliphatic carbocycles. The molecule has 2 rings (SSSR count). The van der Waals surface area contributed by atoms with Gasteiger partial charge in [-0.3, -0.25) is 4.79 Å². The molecular formula is C39H64O2. The van der Waals surface area contributed by atoms with Crippen LogP contribution in [-0.2, 0) is 4.79 Å². The summed E-state index contributed by atoms with van der Waals surface area (Å²) in [6.45, 7) is 4.58. The zero-order valence-corrected chi connectivity index (χ0v) is 27.1. The van der Waals surface area contributed by atoms with E-state index in [4.69, 9.17) is 4.74 Å². The number of unbranched alkanes of at least 4 members (excludes halogenated alkanes) is 20. The van der Waals surface area contributed by atoms with Crippen molar-refractivity contribution in [3.8, 4) is 5.75 Å². The fourth-order valence-electron chi connectivity index (χ4n) is 6.18. The molecule has 41 heavy (non-hydrogen) atoms. The highest BCUT2D eigenvalue weighted by atomic mass is 16.5. The van der Waals surface area contributed by atoms with Crippen LogP contribution in [0, 0.1) is 5.92 Å². The Morgan fingerprint density at radius 2 is 0.951 bits per heavy atom. The highest BCUT2D eigenvalue weighted by Gasteiger charge is 2.16. The van der Waals surface area contributed by atoms with Crippen LogP contribution < -0.4 is 4.74 Å². The van der Waals surface area contributed by atoms with Gasteiger partial charge in [-0.15, -0.1) is 0 Å². The van der Waals surface area contributed by atoms with Gasteiger partial charge in [0.1, 0.15) is 5.75 Å². The average molecular weight is 565 g/mol. The van der Waals surface area contributed by atoms with Gasteiger partial charge in [0.15, 0.2) is 0 Å². The number of hydrogen-bond acceptors (Lipinski definition) is 2. The molecule has 0 N–H and O–H groups in total. The smallest absolute Gasteiger partial charge is 0.311 e. The van der Waals surface area contributed by atoms with Crippen LogP contribution in [0.25, 0.3) is 10.8 Å². The first-order chi connectivity index (χ1) is 20.2. The molecule has 0 amide bonds. The molecule has 0 heterocycles. The van der Waals surface area contributed by atoms with Crippen LogP contribution in [-0.4, -0.2) is 5.97 Å². The van der Waals surface area contributed by atoms with Crippen molar-refractivity contribution in [1.29, 1.82) is 0 Å². The molecule has 0 radical (unpaired) electrons. The van der Waals surface area contributed by atoms with Crippen molar-refractivity contribution in [2.24, 2.45) is 5.92 Å². The zero-order chi connectivity index (χ0) is 29.2. The molecule has 0 aromatic heterocycles. The lowest BCUT2D eigenvalue weighted by Crippen LogP contribution is -2.14.